The number of carbonyl (C=O) groups is 1. The number of amides is 2. The summed E-state index contributed by atoms with van der Waals surface area (Å²) in [5.74, 6) is 0. The van der Waals surface area contributed by atoms with E-state index in [-0.39, 0.29) is 12.1 Å². The number of nitrogens with zero attached hydrogens (tertiary/aromatic N) is 4. The van der Waals surface area contributed by atoms with Crippen LogP contribution in [-0.2, 0) is 19.5 Å². The summed E-state index contributed by atoms with van der Waals surface area (Å²) in [6.45, 7) is 3.92. The van der Waals surface area contributed by atoms with Gasteiger partial charge in [-0.25, -0.2) is 4.79 Å². The zero-order valence-corrected chi connectivity index (χ0v) is 18.7. The van der Waals surface area contributed by atoms with Gasteiger partial charge < -0.3 is 10.2 Å². The van der Waals surface area contributed by atoms with Crippen molar-refractivity contribution in [3.05, 3.63) is 70.6 Å². The number of fused-ring (bicyclic) bond motifs is 1. The lowest BCUT2D eigenvalue weighted by molar-refractivity contribution is 0.160. The fourth-order valence-electron chi connectivity index (χ4n) is 4.67. The van der Waals surface area contributed by atoms with Crippen molar-refractivity contribution in [3.8, 4) is 11.3 Å². The molecule has 1 fully saturated rings. The van der Waals surface area contributed by atoms with Crippen LogP contribution in [-0.4, -0.2) is 56.7 Å². The van der Waals surface area contributed by atoms with Gasteiger partial charge in [0.15, 0.2) is 0 Å². The Morgan fingerprint density at radius 1 is 1.19 bits per heavy atom. The lowest BCUT2D eigenvalue weighted by Gasteiger charge is -2.35. The molecule has 166 valence electrons. The van der Waals surface area contributed by atoms with Crippen LogP contribution in [0.3, 0.4) is 0 Å². The number of aromatic amines is 1. The van der Waals surface area contributed by atoms with Crippen molar-refractivity contribution < 1.29 is 4.79 Å². The molecule has 3 aromatic rings. The smallest absolute Gasteiger partial charge is 0.317 e. The minimum absolute atomic E-state index is 0.00196. The second kappa shape index (κ2) is 9.30. The number of carbonyl (C=O) groups excluding carboxylic acids is 1. The first-order valence-corrected chi connectivity index (χ1v) is 11.5. The van der Waals surface area contributed by atoms with Crippen LogP contribution in [0.4, 0.5) is 4.79 Å². The Balaban J connectivity index is 1.21. The first-order chi connectivity index (χ1) is 15.7. The number of likely N-dealkylation sites (tertiary alicyclic amines) is 1. The average Bonchev–Trinajstić information content (AvgIpc) is 3.25. The Morgan fingerprint density at radius 3 is 2.88 bits per heavy atom. The Morgan fingerprint density at radius 2 is 2.03 bits per heavy atom. The summed E-state index contributed by atoms with van der Waals surface area (Å²) in [7, 11) is 0. The molecule has 8 heteroatoms. The van der Waals surface area contributed by atoms with Gasteiger partial charge in [0.2, 0.25) is 0 Å². The van der Waals surface area contributed by atoms with Crippen LogP contribution in [0.15, 0.2) is 48.8 Å². The maximum atomic E-state index is 13.1. The van der Waals surface area contributed by atoms with Gasteiger partial charge in [-0.05, 0) is 43.1 Å². The van der Waals surface area contributed by atoms with Crippen molar-refractivity contribution in [2.75, 3.05) is 19.6 Å². The molecule has 5 rings (SSSR count). The first kappa shape index (κ1) is 21.0. The van der Waals surface area contributed by atoms with Gasteiger partial charge in [-0.2, -0.15) is 5.10 Å². The Bertz CT molecular complexity index is 1090. The minimum atomic E-state index is 0.00196. The molecule has 0 saturated carbocycles. The van der Waals surface area contributed by atoms with Crippen LogP contribution in [0.5, 0.6) is 0 Å². The number of hydrogen-bond acceptors (Lipinski definition) is 4. The van der Waals surface area contributed by atoms with Gasteiger partial charge in [0.1, 0.15) is 0 Å². The molecule has 2 amide bonds. The van der Waals surface area contributed by atoms with E-state index < -0.39 is 0 Å². The van der Waals surface area contributed by atoms with E-state index in [1.54, 1.807) is 12.4 Å². The third-order valence-electron chi connectivity index (χ3n) is 6.36. The number of halogens is 1. The van der Waals surface area contributed by atoms with Crippen molar-refractivity contribution >= 4 is 17.6 Å². The molecule has 7 nitrogen and oxygen atoms in total. The molecular weight excluding hydrogens is 424 g/mol. The van der Waals surface area contributed by atoms with Crippen molar-refractivity contribution in [1.82, 2.24) is 30.3 Å². The fourth-order valence-corrected chi connectivity index (χ4v) is 4.86. The summed E-state index contributed by atoms with van der Waals surface area (Å²) in [4.78, 5) is 21.5. The number of H-pyrrole nitrogens is 1. The maximum absolute atomic E-state index is 13.1. The van der Waals surface area contributed by atoms with Gasteiger partial charge in [0.25, 0.3) is 0 Å². The van der Waals surface area contributed by atoms with Gasteiger partial charge in [0.05, 0.1) is 12.2 Å². The highest BCUT2D eigenvalue weighted by atomic mass is 35.5. The molecule has 0 aliphatic carbocycles. The molecule has 0 bridgehead atoms. The summed E-state index contributed by atoms with van der Waals surface area (Å²) in [6.07, 6.45) is 6.37. The Kier molecular flexibility index (Phi) is 6.10. The molecule has 4 heterocycles. The Labute approximate surface area is 192 Å². The maximum Gasteiger partial charge on any atom is 0.317 e. The number of benzene rings is 1. The van der Waals surface area contributed by atoms with E-state index in [1.807, 2.05) is 35.2 Å². The number of aromatic nitrogens is 3. The third kappa shape index (κ3) is 4.49. The van der Waals surface area contributed by atoms with Crippen LogP contribution >= 0.6 is 11.6 Å². The van der Waals surface area contributed by atoms with E-state index in [0.29, 0.717) is 13.1 Å². The van der Waals surface area contributed by atoms with E-state index in [1.165, 1.54) is 0 Å². The van der Waals surface area contributed by atoms with Crippen LogP contribution in [0.1, 0.15) is 29.7 Å². The summed E-state index contributed by atoms with van der Waals surface area (Å²) in [5.41, 5.74) is 5.27. The first-order valence-electron chi connectivity index (χ1n) is 11.1. The topological polar surface area (TPSA) is 77.2 Å². The zero-order valence-electron chi connectivity index (χ0n) is 17.9. The predicted molar refractivity (Wildman–Crippen MR) is 124 cm³/mol. The quantitative estimate of drug-likeness (QED) is 0.632. The number of rotatable bonds is 4. The molecular formula is C24H27ClN6O. The molecule has 2 aliphatic rings. The van der Waals surface area contributed by atoms with Crippen LogP contribution in [0.25, 0.3) is 11.3 Å². The van der Waals surface area contributed by atoms with Gasteiger partial charge in [-0.3, -0.25) is 15.0 Å². The number of piperidine rings is 1. The molecule has 0 radical (unpaired) electrons. The van der Waals surface area contributed by atoms with Gasteiger partial charge in [-0.15, -0.1) is 0 Å². The Hall–Kier alpha value is -2.90. The van der Waals surface area contributed by atoms with E-state index in [0.717, 1.165) is 72.0 Å². The largest absolute Gasteiger partial charge is 0.334 e. The molecule has 0 unspecified atom stereocenters. The van der Waals surface area contributed by atoms with Crippen molar-refractivity contribution in [1.29, 1.82) is 0 Å². The lowest BCUT2D eigenvalue weighted by atomic mass is 10.0. The molecule has 32 heavy (non-hydrogen) atoms. The fraction of sp³-hybridized carbons (Fsp3) is 0.375. The molecule has 2 aromatic heterocycles. The van der Waals surface area contributed by atoms with E-state index in [2.05, 4.69) is 31.5 Å². The van der Waals surface area contributed by atoms with Gasteiger partial charge in [-0.1, -0.05) is 29.8 Å². The third-order valence-corrected chi connectivity index (χ3v) is 6.73. The number of nitrogens with one attached hydrogen (secondary N) is 2. The summed E-state index contributed by atoms with van der Waals surface area (Å²) in [6, 6.07) is 12.0. The van der Waals surface area contributed by atoms with Crippen LogP contribution in [0, 0.1) is 0 Å². The second-order valence-corrected chi connectivity index (χ2v) is 8.96. The highest BCUT2D eigenvalue weighted by Gasteiger charge is 2.28. The molecule has 0 spiro atoms. The highest BCUT2D eigenvalue weighted by Crippen LogP contribution is 2.28. The second-order valence-electron chi connectivity index (χ2n) is 8.55. The monoisotopic (exact) mass is 450 g/mol. The minimum Gasteiger partial charge on any atom is -0.334 e. The molecule has 1 saturated heterocycles. The van der Waals surface area contributed by atoms with Crippen LogP contribution in [0.2, 0.25) is 5.02 Å². The lowest BCUT2D eigenvalue weighted by Crippen LogP contribution is -2.52. The average molecular weight is 451 g/mol. The SMILES string of the molecule is O=C(N[C@@H]1CCCN(Cc2ccccc2Cl)C1)N1CCc2[nH]nc(-c3ccncc3)c2C1. The summed E-state index contributed by atoms with van der Waals surface area (Å²) >= 11 is 6.34. The van der Waals surface area contributed by atoms with Crippen molar-refractivity contribution in [3.63, 3.8) is 0 Å². The summed E-state index contributed by atoms with van der Waals surface area (Å²) in [5, 5.41) is 11.7. The zero-order chi connectivity index (χ0) is 21.9. The number of urea groups is 1. The van der Waals surface area contributed by atoms with E-state index in [9.17, 15) is 4.79 Å². The molecule has 1 atom stereocenters. The summed E-state index contributed by atoms with van der Waals surface area (Å²) < 4.78 is 0. The van der Waals surface area contributed by atoms with Crippen molar-refractivity contribution in [2.24, 2.45) is 0 Å². The predicted octanol–water partition coefficient (Wildman–Crippen LogP) is 3.86. The number of pyridine rings is 1. The number of hydrogen-bond donors (Lipinski definition) is 2. The highest BCUT2D eigenvalue weighted by molar-refractivity contribution is 6.31. The van der Waals surface area contributed by atoms with Crippen LogP contribution < -0.4 is 5.32 Å². The van der Waals surface area contributed by atoms with E-state index >= 15 is 0 Å². The van der Waals surface area contributed by atoms with Crippen molar-refractivity contribution in [2.45, 2.75) is 38.4 Å². The molecule has 2 N–H and O–H groups in total. The van der Waals surface area contributed by atoms with E-state index in [4.69, 9.17) is 11.6 Å². The van der Waals surface area contributed by atoms with Gasteiger partial charge >= 0.3 is 6.03 Å². The normalized spacial score (nSPS) is 18.9. The molecule has 2 aliphatic heterocycles. The molecule has 1 aromatic carbocycles. The van der Waals surface area contributed by atoms with Gasteiger partial charge in [0, 0.05) is 66.3 Å². The standard InChI is InChI=1S/C24H27ClN6O/c25-21-6-2-1-4-18(21)14-30-12-3-5-19(15-30)27-24(32)31-13-9-22-20(16-31)23(29-28-22)17-7-10-26-11-8-17/h1-2,4,6-8,10-11,19H,3,5,9,12-16H2,(H,27,32)(H,28,29)/t19-/m1/s1.